The number of aromatic nitrogens is 1. The highest BCUT2D eigenvalue weighted by atomic mass is 32.2. The zero-order chi connectivity index (χ0) is 11.5. The van der Waals surface area contributed by atoms with E-state index in [1.807, 2.05) is 23.9 Å². The highest BCUT2D eigenvalue weighted by molar-refractivity contribution is 8.00. The summed E-state index contributed by atoms with van der Waals surface area (Å²) in [5, 5.41) is 10.1. The minimum Gasteiger partial charge on any atom is -0.369 e. The molecule has 1 saturated heterocycles. The zero-order valence-electron chi connectivity index (χ0n) is 9.55. The van der Waals surface area contributed by atoms with E-state index in [-0.39, 0.29) is 0 Å². The summed E-state index contributed by atoms with van der Waals surface area (Å²) in [7, 11) is 0. The number of pyridine rings is 1. The van der Waals surface area contributed by atoms with Crippen LogP contribution in [0, 0.1) is 11.3 Å². The Morgan fingerprint density at radius 3 is 2.75 bits per heavy atom. The third-order valence-corrected chi connectivity index (χ3v) is 3.87. The smallest absolute Gasteiger partial charge is 0.142 e. The lowest BCUT2D eigenvalue weighted by Crippen LogP contribution is -2.40. The van der Waals surface area contributed by atoms with Gasteiger partial charge in [0, 0.05) is 35.5 Å². The van der Waals surface area contributed by atoms with Gasteiger partial charge in [0.1, 0.15) is 11.8 Å². The van der Waals surface area contributed by atoms with Gasteiger partial charge in [0.15, 0.2) is 0 Å². The molecule has 0 aliphatic carbocycles. The molecular formula is C12H15N3S. The lowest BCUT2D eigenvalue weighted by molar-refractivity contribution is 0.727. The summed E-state index contributed by atoms with van der Waals surface area (Å²) < 4.78 is 0. The minimum atomic E-state index is 0.496. The van der Waals surface area contributed by atoms with E-state index in [1.54, 1.807) is 6.20 Å². The first-order valence-corrected chi connectivity index (χ1v) is 6.40. The molecule has 1 aromatic heterocycles. The van der Waals surface area contributed by atoms with Gasteiger partial charge in [0.2, 0.25) is 0 Å². The highest BCUT2D eigenvalue weighted by Gasteiger charge is 2.22. The van der Waals surface area contributed by atoms with Gasteiger partial charge >= 0.3 is 0 Å². The van der Waals surface area contributed by atoms with Crippen LogP contribution in [0.2, 0.25) is 0 Å². The Morgan fingerprint density at radius 1 is 1.44 bits per heavy atom. The molecule has 0 N–H and O–H groups in total. The van der Waals surface area contributed by atoms with Crippen LogP contribution in [0.25, 0.3) is 0 Å². The Kier molecular flexibility index (Phi) is 3.35. The van der Waals surface area contributed by atoms with E-state index in [9.17, 15) is 0 Å². The van der Waals surface area contributed by atoms with Crippen LogP contribution in [0.5, 0.6) is 0 Å². The number of thioether (sulfide) groups is 1. The van der Waals surface area contributed by atoms with Crippen LogP contribution in [-0.2, 0) is 0 Å². The molecule has 0 radical (unpaired) electrons. The van der Waals surface area contributed by atoms with E-state index in [0.29, 0.717) is 16.2 Å². The molecule has 2 heterocycles. The van der Waals surface area contributed by atoms with E-state index >= 15 is 0 Å². The predicted molar refractivity (Wildman–Crippen MR) is 67.7 cm³/mol. The maximum atomic E-state index is 8.83. The van der Waals surface area contributed by atoms with Crippen LogP contribution in [-0.4, -0.2) is 28.6 Å². The van der Waals surface area contributed by atoms with Crippen LogP contribution >= 0.6 is 11.8 Å². The number of rotatable bonds is 1. The largest absolute Gasteiger partial charge is 0.369 e. The number of anilines is 1. The Hall–Kier alpha value is -1.21. The molecule has 1 aromatic rings. The van der Waals surface area contributed by atoms with Crippen molar-refractivity contribution in [1.82, 2.24) is 4.98 Å². The van der Waals surface area contributed by atoms with Crippen molar-refractivity contribution in [2.75, 3.05) is 18.0 Å². The summed E-state index contributed by atoms with van der Waals surface area (Å²) in [4.78, 5) is 6.34. The van der Waals surface area contributed by atoms with E-state index in [0.717, 1.165) is 18.8 Å². The first kappa shape index (κ1) is 11.3. The SMILES string of the molecule is CC1CN(c2ccnc(C#N)c2)CC(C)S1. The molecule has 1 aliphatic rings. The highest BCUT2D eigenvalue weighted by Crippen LogP contribution is 2.28. The van der Waals surface area contributed by atoms with E-state index < -0.39 is 0 Å². The van der Waals surface area contributed by atoms with Gasteiger partial charge in [-0.1, -0.05) is 13.8 Å². The molecule has 0 amide bonds. The van der Waals surface area contributed by atoms with Gasteiger partial charge in [-0.25, -0.2) is 4.98 Å². The lowest BCUT2D eigenvalue weighted by atomic mass is 10.2. The quantitative estimate of drug-likeness (QED) is 0.746. The summed E-state index contributed by atoms with van der Waals surface area (Å²) in [6.07, 6.45) is 1.71. The number of hydrogen-bond donors (Lipinski definition) is 0. The Morgan fingerprint density at radius 2 is 2.12 bits per heavy atom. The normalized spacial score (nSPS) is 25.2. The van der Waals surface area contributed by atoms with E-state index in [1.165, 1.54) is 0 Å². The third-order valence-electron chi connectivity index (χ3n) is 2.64. The van der Waals surface area contributed by atoms with E-state index in [2.05, 4.69) is 29.8 Å². The topological polar surface area (TPSA) is 39.9 Å². The first-order chi connectivity index (χ1) is 7.69. The molecule has 0 spiro atoms. The molecule has 0 saturated carbocycles. The molecule has 2 atom stereocenters. The fraction of sp³-hybridized carbons (Fsp3) is 0.500. The van der Waals surface area contributed by atoms with Crippen molar-refractivity contribution in [3.63, 3.8) is 0 Å². The van der Waals surface area contributed by atoms with Crippen LogP contribution in [0.15, 0.2) is 18.3 Å². The zero-order valence-corrected chi connectivity index (χ0v) is 10.4. The van der Waals surface area contributed by atoms with Crippen molar-refractivity contribution in [2.45, 2.75) is 24.3 Å². The molecule has 2 rings (SSSR count). The molecule has 1 aliphatic heterocycles. The van der Waals surface area contributed by atoms with Gasteiger partial charge in [-0.3, -0.25) is 0 Å². The third kappa shape index (κ3) is 2.48. The fourth-order valence-corrected chi connectivity index (χ4v) is 3.39. The molecule has 4 heteroatoms. The van der Waals surface area contributed by atoms with Crippen molar-refractivity contribution < 1.29 is 0 Å². The molecule has 0 bridgehead atoms. The summed E-state index contributed by atoms with van der Waals surface area (Å²) in [6.45, 7) is 6.59. The summed E-state index contributed by atoms with van der Waals surface area (Å²) in [5.74, 6) is 0. The summed E-state index contributed by atoms with van der Waals surface area (Å²) >= 11 is 2.03. The summed E-state index contributed by atoms with van der Waals surface area (Å²) in [6, 6.07) is 5.94. The first-order valence-electron chi connectivity index (χ1n) is 5.45. The second kappa shape index (κ2) is 4.75. The molecule has 0 aromatic carbocycles. The standard InChI is InChI=1S/C12H15N3S/c1-9-7-15(8-10(2)16-9)12-3-4-14-11(5-12)6-13/h3-5,9-10H,7-8H2,1-2H3. The Bertz CT molecular complexity index is 403. The second-order valence-electron chi connectivity index (χ2n) is 4.17. The van der Waals surface area contributed by atoms with Crippen LogP contribution in [0.3, 0.4) is 0 Å². The maximum Gasteiger partial charge on any atom is 0.142 e. The number of nitrogens with zero attached hydrogens (tertiary/aromatic N) is 3. The maximum absolute atomic E-state index is 8.83. The predicted octanol–water partition coefficient (Wildman–Crippen LogP) is 2.28. The Balaban J connectivity index is 2.20. The lowest BCUT2D eigenvalue weighted by Gasteiger charge is -2.36. The number of hydrogen-bond acceptors (Lipinski definition) is 4. The van der Waals surface area contributed by atoms with Crippen molar-refractivity contribution in [2.24, 2.45) is 0 Å². The molecule has 3 nitrogen and oxygen atoms in total. The van der Waals surface area contributed by atoms with Gasteiger partial charge in [-0.05, 0) is 12.1 Å². The van der Waals surface area contributed by atoms with Gasteiger partial charge in [-0.15, -0.1) is 0 Å². The average Bonchev–Trinajstić information content (AvgIpc) is 2.28. The molecule has 16 heavy (non-hydrogen) atoms. The average molecular weight is 233 g/mol. The van der Waals surface area contributed by atoms with Crippen molar-refractivity contribution in [1.29, 1.82) is 5.26 Å². The molecule has 2 unspecified atom stereocenters. The van der Waals surface area contributed by atoms with Crippen LogP contribution in [0.4, 0.5) is 5.69 Å². The van der Waals surface area contributed by atoms with Gasteiger partial charge < -0.3 is 4.90 Å². The molecule has 1 fully saturated rings. The fourth-order valence-electron chi connectivity index (χ4n) is 2.07. The summed E-state index contributed by atoms with van der Waals surface area (Å²) in [5.41, 5.74) is 1.61. The molecule has 84 valence electrons. The van der Waals surface area contributed by atoms with Crippen molar-refractivity contribution in [3.05, 3.63) is 24.0 Å². The van der Waals surface area contributed by atoms with E-state index in [4.69, 9.17) is 5.26 Å². The van der Waals surface area contributed by atoms with Crippen molar-refractivity contribution >= 4 is 17.4 Å². The van der Waals surface area contributed by atoms with Gasteiger partial charge in [0.25, 0.3) is 0 Å². The molecular weight excluding hydrogens is 218 g/mol. The van der Waals surface area contributed by atoms with Crippen LogP contribution in [0.1, 0.15) is 19.5 Å². The van der Waals surface area contributed by atoms with Crippen molar-refractivity contribution in [3.8, 4) is 6.07 Å². The van der Waals surface area contributed by atoms with Gasteiger partial charge in [0.05, 0.1) is 0 Å². The Labute approximate surface area is 100 Å². The second-order valence-corrected chi connectivity index (χ2v) is 6.06. The monoisotopic (exact) mass is 233 g/mol. The number of nitriles is 1. The van der Waals surface area contributed by atoms with Crippen LogP contribution < -0.4 is 4.90 Å². The minimum absolute atomic E-state index is 0.496. The van der Waals surface area contributed by atoms with Gasteiger partial charge in [-0.2, -0.15) is 17.0 Å².